The number of hydrogen-bond donors (Lipinski definition) is 2. The monoisotopic (exact) mass is 599 g/mol. The summed E-state index contributed by atoms with van der Waals surface area (Å²) in [6.07, 6.45) is 8.46. The summed E-state index contributed by atoms with van der Waals surface area (Å²) in [7, 11) is 0.0827. The minimum absolute atomic E-state index is 0.0324. The van der Waals surface area contributed by atoms with E-state index < -0.39 is 15.4 Å². The molecule has 1 aromatic carbocycles. The fourth-order valence-electron chi connectivity index (χ4n) is 6.18. The van der Waals surface area contributed by atoms with Crippen LogP contribution in [0.4, 0.5) is 23.1 Å². The van der Waals surface area contributed by atoms with Crippen LogP contribution in [0.3, 0.4) is 0 Å². The number of amides is 2. The average Bonchev–Trinajstić information content (AvgIpc) is 3.48. The SMILES string of the molecule is COc1cc(C(=O)NC2CCN(S(C)(=O)=O)CC2)ccc1Nc1ncc2c(n1)N(C1CCCC1)CC(C)(C)C(=O)N2C. The van der Waals surface area contributed by atoms with Crippen LogP contribution in [0.25, 0.3) is 0 Å². The van der Waals surface area contributed by atoms with E-state index >= 15 is 0 Å². The number of nitrogens with zero attached hydrogens (tertiary/aromatic N) is 5. The molecule has 0 bridgehead atoms. The molecule has 12 nitrogen and oxygen atoms in total. The Kier molecular flexibility index (Phi) is 8.35. The van der Waals surface area contributed by atoms with Gasteiger partial charge in [-0.25, -0.2) is 17.7 Å². The van der Waals surface area contributed by atoms with Crippen LogP contribution in [0.1, 0.15) is 62.7 Å². The van der Waals surface area contributed by atoms with Crippen LogP contribution in [0.5, 0.6) is 5.75 Å². The maximum Gasteiger partial charge on any atom is 0.251 e. The maximum atomic E-state index is 13.3. The van der Waals surface area contributed by atoms with Crippen molar-refractivity contribution >= 4 is 45.0 Å². The van der Waals surface area contributed by atoms with Crippen LogP contribution in [-0.2, 0) is 14.8 Å². The number of carbonyl (C=O) groups excluding carboxylic acids is 2. The summed E-state index contributed by atoms with van der Waals surface area (Å²) < 4.78 is 30.6. The molecule has 3 heterocycles. The Labute approximate surface area is 247 Å². The number of fused-ring (bicyclic) bond motifs is 1. The topological polar surface area (TPSA) is 137 Å². The van der Waals surface area contributed by atoms with Gasteiger partial charge in [0.15, 0.2) is 5.82 Å². The number of methoxy groups -OCH3 is 1. The number of piperidine rings is 1. The zero-order valence-corrected chi connectivity index (χ0v) is 25.8. The van der Waals surface area contributed by atoms with Gasteiger partial charge in [-0.2, -0.15) is 4.98 Å². The molecule has 1 aliphatic carbocycles. The standard InChI is InChI=1S/C29H41N7O5S/c1-29(2)18-36(21-8-6-7-9-21)25-23(34(3)27(29)38)17-30-28(33-25)32-22-11-10-19(16-24(22)41-4)26(37)31-20-12-14-35(15-13-20)42(5,39)40/h10-11,16-17,20-21H,6-9,12-15,18H2,1-5H3,(H,31,37)(H,30,32,33). The molecule has 1 aromatic heterocycles. The fraction of sp³-hybridized carbons (Fsp3) is 0.586. The summed E-state index contributed by atoms with van der Waals surface area (Å²) in [6, 6.07) is 5.32. The minimum Gasteiger partial charge on any atom is -0.495 e. The molecule has 13 heteroatoms. The van der Waals surface area contributed by atoms with E-state index in [1.807, 2.05) is 13.8 Å². The van der Waals surface area contributed by atoms with Crippen molar-refractivity contribution < 1.29 is 22.7 Å². The van der Waals surface area contributed by atoms with Crippen molar-refractivity contribution in [3.63, 3.8) is 0 Å². The van der Waals surface area contributed by atoms with Gasteiger partial charge in [0.1, 0.15) is 11.4 Å². The van der Waals surface area contributed by atoms with E-state index in [9.17, 15) is 18.0 Å². The van der Waals surface area contributed by atoms with E-state index in [1.165, 1.54) is 17.7 Å². The van der Waals surface area contributed by atoms with Gasteiger partial charge in [0.2, 0.25) is 21.9 Å². The molecule has 0 radical (unpaired) electrons. The van der Waals surface area contributed by atoms with E-state index in [-0.39, 0.29) is 17.9 Å². The number of ether oxygens (including phenoxy) is 1. The molecule has 42 heavy (non-hydrogen) atoms. The van der Waals surface area contributed by atoms with Crippen molar-refractivity contribution in [1.82, 2.24) is 19.6 Å². The molecule has 1 saturated carbocycles. The Hall–Kier alpha value is -3.45. The van der Waals surface area contributed by atoms with Crippen LogP contribution in [0.15, 0.2) is 24.4 Å². The molecule has 0 atom stereocenters. The van der Waals surface area contributed by atoms with E-state index in [2.05, 4.69) is 20.5 Å². The highest BCUT2D eigenvalue weighted by molar-refractivity contribution is 7.88. The van der Waals surface area contributed by atoms with Crippen molar-refractivity contribution in [2.45, 2.75) is 64.5 Å². The number of hydrogen-bond acceptors (Lipinski definition) is 9. The van der Waals surface area contributed by atoms with Gasteiger partial charge in [0.25, 0.3) is 5.91 Å². The smallest absolute Gasteiger partial charge is 0.251 e. The highest BCUT2D eigenvalue weighted by Gasteiger charge is 2.41. The summed E-state index contributed by atoms with van der Waals surface area (Å²) >= 11 is 0. The fourth-order valence-corrected chi connectivity index (χ4v) is 7.06. The molecule has 2 fully saturated rings. The van der Waals surface area contributed by atoms with E-state index in [1.54, 1.807) is 36.3 Å². The van der Waals surface area contributed by atoms with Crippen LogP contribution < -0.4 is 25.2 Å². The first-order valence-electron chi connectivity index (χ1n) is 14.5. The van der Waals surface area contributed by atoms with Gasteiger partial charge in [-0.05, 0) is 57.7 Å². The highest BCUT2D eigenvalue weighted by Crippen LogP contribution is 2.40. The van der Waals surface area contributed by atoms with Gasteiger partial charge in [-0.3, -0.25) is 9.59 Å². The predicted molar refractivity (Wildman–Crippen MR) is 162 cm³/mol. The first kappa shape index (κ1) is 30.0. The molecule has 0 spiro atoms. The number of benzene rings is 1. The van der Waals surface area contributed by atoms with Crippen LogP contribution in [-0.4, -0.2) is 86.6 Å². The Morgan fingerprint density at radius 3 is 2.45 bits per heavy atom. The second kappa shape index (κ2) is 11.7. The second-order valence-electron chi connectivity index (χ2n) is 12.2. The van der Waals surface area contributed by atoms with Crippen molar-refractivity contribution in [2.75, 3.05) is 55.2 Å². The Morgan fingerprint density at radius 1 is 1.12 bits per heavy atom. The van der Waals surface area contributed by atoms with Crippen molar-refractivity contribution in [1.29, 1.82) is 0 Å². The number of sulfonamides is 1. The van der Waals surface area contributed by atoms with Crippen LogP contribution in [0.2, 0.25) is 0 Å². The lowest BCUT2D eigenvalue weighted by atomic mass is 9.91. The Balaban J connectivity index is 1.34. The van der Waals surface area contributed by atoms with E-state index in [4.69, 9.17) is 9.72 Å². The van der Waals surface area contributed by atoms with Gasteiger partial charge >= 0.3 is 0 Å². The Morgan fingerprint density at radius 2 is 1.81 bits per heavy atom. The molecule has 2 aliphatic heterocycles. The predicted octanol–water partition coefficient (Wildman–Crippen LogP) is 3.13. The lowest BCUT2D eigenvalue weighted by molar-refractivity contribution is -0.125. The molecule has 3 aliphatic rings. The lowest BCUT2D eigenvalue weighted by Gasteiger charge is -2.34. The zero-order valence-electron chi connectivity index (χ0n) is 25.0. The molecule has 2 N–H and O–H groups in total. The van der Waals surface area contributed by atoms with Gasteiger partial charge in [-0.1, -0.05) is 12.8 Å². The number of rotatable bonds is 7. The Bertz CT molecular complexity index is 1450. The second-order valence-corrected chi connectivity index (χ2v) is 14.1. The van der Waals surface area contributed by atoms with Crippen LogP contribution >= 0.6 is 0 Å². The van der Waals surface area contributed by atoms with Crippen LogP contribution in [0, 0.1) is 5.41 Å². The van der Waals surface area contributed by atoms with E-state index in [0.717, 1.165) is 31.5 Å². The number of aromatic nitrogens is 2. The molecular weight excluding hydrogens is 558 g/mol. The highest BCUT2D eigenvalue weighted by atomic mass is 32.2. The molecule has 0 unspecified atom stereocenters. The zero-order chi connectivity index (χ0) is 30.2. The van der Waals surface area contributed by atoms with Crippen molar-refractivity contribution in [3.05, 3.63) is 30.0 Å². The molecule has 5 rings (SSSR count). The maximum absolute atomic E-state index is 13.3. The third-order valence-electron chi connectivity index (χ3n) is 8.57. The minimum atomic E-state index is -3.23. The van der Waals surface area contributed by atoms with E-state index in [0.29, 0.717) is 67.2 Å². The molecule has 1 saturated heterocycles. The lowest BCUT2D eigenvalue weighted by Crippen LogP contribution is -2.46. The van der Waals surface area contributed by atoms with Gasteiger partial charge in [0.05, 0.1) is 30.7 Å². The van der Waals surface area contributed by atoms with Gasteiger partial charge in [-0.15, -0.1) is 0 Å². The average molecular weight is 600 g/mol. The largest absolute Gasteiger partial charge is 0.495 e. The quantitative estimate of drug-likeness (QED) is 0.492. The molecule has 2 aromatic rings. The third kappa shape index (κ3) is 6.17. The third-order valence-corrected chi connectivity index (χ3v) is 9.87. The summed E-state index contributed by atoms with van der Waals surface area (Å²) in [5, 5.41) is 6.26. The first-order valence-corrected chi connectivity index (χ1v) is 16.3. The van der Waals surface area contributed by atoms with Crippen molar-refractivity contribution in [2.24, 2.45) is 5.41 Å². The summed E-state index contributed by atoms with van der Waals surface area (Å²) in [6.45, 7) is 5.30. The number of carbonyl (C=O) groups is 2. The number of nitrogens with one attached hydrogen (secondary N) is 2. The summed E-state index contributed by atoms with van der Waals surface area (Å²) in [5.74, 6) is 1.34. The number of anilines is 4. The van der Waals surface area contributed by atoms with Gasteiger partial charge < -0.3 is 25.2 Å². The van der Waals surface area contributed by atoms with Crippen molar-refractivity contribution in [3.8, 4) is 5.75 Å². The molecule has 2 amide bonds. The normalized spacial score (nSPS) is 20.3. The summed E-state index contributed by atoms with van der Waals surface area (Å²) in [4.78, 5) is 39.7. The molecular formula is C29H41N7O5S. The van der Waals surface area contributed by atoms with Gasteiger partial charge in [0, 0.05) is 44.3 Å². The first-order chi connectivity index (χ1) is 19.9. The molecule has 228 valence electrons. The summed E-state index contributed by atoms with van der Waals surface area (Å²) in [5.41, 5.74) is 1.14.